The number of hydrogen-bond donors (Lipinski definition) is 4. The molecule has 0 radical (unpaired) electrons. The van der Waals surface area contributed by atoms with Crippen molar-refractivity contribution < 1.29 is 38.2 Å². The third kappa shape index (κ3) is 13.9. The maximum atomic E-state index is 11.4. The number of rotatable bonds is 19. The van der Waals surface area contributed by atoms with E-state index in [9.17, 15) is 28.7 Å². The quantitative estimate of drug-likeness (QED) is 0.0318. The average Bonchev–Trinajstić information content (AvgIpc) is 2.94. The molecule has 0 saturated carbocycles. The summed E-state index contributed by atoms with van der Waals surface area (Å²) in [4.78, 5) is 41.0. The molecule has 0 saturated heterocycles. The molecule has 2 aromatic rings. The van der Waals surface area contributed by atoms with Crippen LogP contribution in [0.5, 0.6) is 11.5 Å². The van der Waals surface area contributed by atoms with Gasteiger partial charge in [-0.2, -0.15) is 0 Å². The Kier molecular flexibility index (Phi) is 14.6. The third-order valence-corrected chi connectivity index (χ3v) is 11.8. The van der Waals surface area contributed by atoms with E-state index in [1.54, 1.807) is 61.4 Å². The lowest BCUT2D eigenvalue weighted by molar-refractivity contribution is 0.0921. The van der Waals surface area contributed by atoms with E-state index in [0.717, 1.165) is 22.4 Å². The van der Waals surface area contributed by atoms with Gasteiger partial charge in [0.2, 0.25) is 0 Å². The Hall–Kier alpha value is -2.40. The Morgan fingerprint density at radius 3 is 2.00 bits per heavy atom. The van der Waals surface area contributed by atoms with Crippen LogP contribution in [0.2, 0.25) is 0 Å². The molecule has 248 valence electrons. The van der Waals surface area contributed by atoms with Gasteiger partial charge in [-0.25, -0.2) is 0 Å². The molecule has 0 spiro atoms. The lowest BCUT2D eigenvalue weighted by Gasteiger charge is -2.25. The Balaban J connectivity index is 2.08. The van der Waals surface area contributed by atoms with Crippen LogP contribution in [0.1, 0.15) is 58.1 Å². The monoisotopic (exact) mass is 703 g/mol. The average molecular weight is 704 g/mol. The molecule has 0 bridgehead atoms. The first kappa shape index (κ1) is 38.8. The van der Waals surface area contributed by atoms with Crippen molar-refractivity contribution in [3.63, 3.8) is 0 Å². The minimum absolute atomic E-state index is 0.0495. The van der Waals surface area contributed by atoms with Gasteiger partial charge in [0.15, 0.2) is 17.5 Å². The highest BCUT2D eigenvalue weighted by Gasteiger charge is 2.45. The molecule has 1 unspecified atom stereocenters. The number of hydrazone groups is 1. The van der Waals surface area contributed by atoms with E-state index < -0.39 is 45.7 Å². The van der Waals surface area contributed by atoms with Crippen molar-refractivity contribution in [2.45, 2.75) is 64.4 Å². The largest absolute Gasteiger partial charge is 0.481 e. The first-order valence-corrected chi connectivity index (χ1v) is 20.0. The summed E-state index contributed by atoms with van der Waals surface area (Å²) >= 11 is 5.94. The molecule has 0 fully saturated rings. The second-order valence-electron chi connectivity index (χ2n) is 10.8. The molecule has 0 heterocycles. The Morgan fingerprint density at radius 1 is 0.978 bits per heavy atom. The highest BCUT2D eigenvalue weighted by Crippen LogP contribution is 2.46. The van der Waals surface area contributed by atoms with Crippen molar-refractivity contribution in [2.75, 3.05) is 26.2 Å². The van der Waals surface area contributed by atoms with Gasteiger partial charge in [-0.3, -0.25) is 14.0 Å². The molecular weight excluding hydrogens is 661 g/mol. The second-order valence-corrected chi connectivity index (χ2v) is 17.2. The molecule has 0 aliphatic rings. The summed E-state index contributed by atoms with van der Waals surface area (Å²) in [5.74, 6) is 1.15. The molecule has 4 N–H and O–H groups in total. The predicted octanol–water partition coefficient (Wildman–Crippen LogP) is 6.34. The standard InChI is InChI=1S/C27H41N6O8P3S/c1-6-17-27(4,41-25-12-8-22(9-13-25)16-18-33(20-43(34,35)36)21-44(37,38)39)42(45)32(5)29-19-23-10-14-24(15-11-23)40-26(3,7-2)30-31-28/h8-15,19H,6-7,16-18,20-21H2,1-5H3,(H3-,34,35,36,37,38,39)/p+1/b29-19+/t26-,27+/m1/s1. The maximum absolute atomic E-state index is 11.4. The van der Waals surface area contributed by atoms with E-state index in [1.165, 1.54) is 0 Å². The zero-order chi connectivity index (χ0) is 33.9. The summed E-state index contributed by atoms with van der Waals surface area (Å²) in [6.07, 6.45) is 2.53. The van der Waals surface area contributed by atoms with E-state index >= 15 is 0 Å². The molecule has 2 rings (SSSR count). The van der Waals surface area contributed by atoms with Crippen molar-refractivity contribution in [2.24, 2.45) is 10.2 Å². The summed E-state index contributed by atoms with van der Waals surface area (Å²) in [6.45, 7) is 6.32. The lowest BCUT2D eigenvalue weighted by Crippen LogP contribution is -2.31. The maximum Gasteiger partial charge on any atom is 0.358 e. The molecule has 0 amide bonds. The molecule has 45 heavy (non-hydrogen) atoms. The van der Waals surface area contributed by atoms with Gasteiger partial charge in [-0.15, -0.1) is 9.88 Å². The van der Waals surface area contributed by atoms with Crippen LogP contribution in [0.15, 0.2) is 58.7 Å². The molecule has 14 nitrogen and oxygen atoms in total. The normalized spacial score (nSPS) is 15.2. The van der Waals surface area contributed by atoms with Crippen LogP contribution in [0.3, 0.4) is 0 Å². The first-order chi connectivity index (χ1) is 20.9. The fourth-order valence-corrected chi connectivity index (χ4v) is 7.81. The van der Waals surface area contributed by atoms with E-state index in [2.05, 4.69) is 15.1 Å². The van der Waals surface area contributed by atoms with Crippen LogP contribution in [0.25, 0.3) is 10.4 Å². The molecule has 3 atom stereocenters. The molecule has 0 aromatic heterocycles. The molecule has 18 heteroatoms. The summed E-state index contributed by atoms with van der Waals surface area (Å²) in [5.41, 5.74) is 9.45. The molecular formula is C27H42N6O8P3S+. The van der Waals surface area contributed by atoms with E-state index in [1.807, 2.05) is 32.9 Å². The van der Waals surface area contributed by atoms with Gasteiger partial charge in [-0.1, -0.05) is 26.0 Å². The minimum Gasteiger partial charge on any atom is -0.481 e. The van der Waals surface area contributed by atoms with Crippen LogP contribution in [0, 0.1) is 0 Å². The molecule has 0 aliphatic heterocycles. The SMILES string of the molecule is CCC[C@@](C)(Oc1ccc(CCN(CP(=O)(O)O)CP(=O)(O)O)cc1)[P+](=S)N(C)/N=C/c1ccc(O[C@](C)(CC)N=[N+]=[N-])cc1. The molecule has 0 aliphatic carbocycles. The highest BCUT2D eigenvalue weighted by molar-refractivity contribution is 8.04. The van der Waals surface area contributed by atoms with Crippen LogP contribution >= 0.6 is 22.0 Å². The van der Waals surface area contributed by atoms with Crippen molar-refractivity contribution in [1.29, 1.82) is 0 Å². The number of hydrogen-bond acceptors (Lipinski definition) is 8. The first-order valence-electron chi connectivity index (χ1n) is 14.1. The van der Waals surface area contributed by atoms with Gasteiger partial charge in [0.05, 0.1) is 13.3 Å². The summed E-state index contributed by atoms with van der Waals surface area (Å²) in [5, 5.41) is 7.58. The van der Waals surface area contributed by atoms with Crippen LogP contribution in [-0.4, -0.2) is 72.7 Å². The highest BCUT2D eigenvalue weighted by atomic mass is 32.4. The van der Waals surface area contributed by atoms with Gasteiger partial charge < -0.3 is 29.0 Å². The van der Waals surface area contributed by atoms with Crippen LogP contribution < -0.4 is 9.47 Å². The number of nitrogens with zero attached hydrogens (tertiary/aromatic N) is 6. The van der Waals surface area contributed by atoms with Crippen molar-refractivity contribution in [1.82, 2.24) is 9.68 Å². The van der Waals surface area contributed by atoms with Gasteiger partial charge >= 0.3 is 22.0 Å². The Morgan fingerprint density at radius 2 is 1.51 bits per heavy atom. The topological polar surface area (TPSA) is 201 Å². The zero-order valence-electron chi connectivity index (χ0n) is 26.0. The van der Waals surface area contributed by atoms with Gasteiger partial charge in [0.1, 0.15) is 24.1 Å². The fourth-order valence-electron chi connectivity index (χ4n) is 4.26. The Labute approximate surface area is 269 Å². The fraction of sp³-hybridized carbons (Fsp3) is 0.519. The van der Waals surface area contributed by atoms with Crippen molar-refractivity contribution >= 4 is 40.1 Å². The van der Waals surface area contributed by atoms with Gasteiger partial charge in [0, 0.05) is 24.8 Å². The van der Waals surface area contributed by atoms with Gasteiger partial charge in [0.25, 0.3) is 5.34 Å². The summed E-state index contributed by atoms with van der Waals surface area (Å²) in [7, 11) is -7.19. The minimum atomic E-state index is -4.50. The summed E-state index contributed by atoms with van der Waals surface area (Å²) < 4.78 is 36.8. The lowest BCUT2D eigenvalue weighted by atomic mass is 10.1. The predicted molar refractivity (Wildman–Crippen MR) is 179 cm³/mol. The third-order valence-electron chi connectivity index (χ3n) is 6.63. The summed E-state index contributed by atoms with van der Waals surface area (Å²) in [6, 6.07) is 14.4. The van der Waals surface area contributed by atoms with Crippen molar-refractivity contribution in [3.05, 3.63) is 70.1 Å². The van der Waals surface area contributed by atoms with E-state index in [-0.39, 0.29) is 6.54 Å². The van der Waals surface area contributed by atoms with Crippen LogP contribution in [0.4, 0.5) is 0 Å². The van der Waals surface area contributed by atoms with E-state index in [4.69, 9.17) is 26.8 Å². The van der Waals surface area contributed by atoms with E-state index in [0.29, 0.717) is 30.8 Å². The smallest absolute Gasteiger partial charge is 0.358 e. The number of azide groups is 1. The Bertz CT molecular complexity index is 1430. The second kappa shape index (κ2) is 17.0. The van der Waals surface area contributed by atoms with Crippen molar-refractivity contribution in [3.8, 4) is 11.5 Å². The number of ether oxygens (including phenoxy) is 2. The molecule has 2 aromatic carbocycles. The number of benzene rings is 2. The zero-order valence-corrected chi connectivity index (χ0v) is 29.5. The van der Waals surface area contributed by atoms with Gasteiger partial charge in [-0.05, 0) is 84.4 Å². The van der Waals surface area contributed by atoms with Crippen LogP contribution in [-0.2, 0) is 27.4 Å².